The topological polar surface area (TPSA) is 44.8 Å². The van der Waals surface area contributed by atoms with E-state index < -0.39 is 0 Å². The zero-order valence-electron chi connectivity index (χ0n) is 14.5. The molecule has 3 rings (SSSR count). The summed E-state index contributed by atoms with van der Waals surface area (Å²) in [5.41, 5.74) is 4.00. The highest BCUT2D eigenvalue weighted by molar-refractivity contribution is 5.79. The lowest BCUT2D eigenvalue weighted by Gasteiger charge is -2.02. The molecule has 23 heavy (non-hydrogen) atoms. The zero-order chi connectivity index (χ0) is 17.2. The number of pyridine rings is 1. The molecule has 0 aliphatic heterocycles. The standard InChI is InChI=1S/C15H13N3O.2C2H6/c1-17-11-14(12-7-9-18(19)10-8-12)15(16-17)13-5-3-2-4-6-13;2*1-2/h2-11H,1H3;2*1-2H3. The maximum absolute atomic E-state index is 11.1. The number of hydrogen-bond donors (Lipinski definition) is 0. The Bertz CT molecular complexity index is 688. The van der Waals surface area contributed by atoms with Crippen LogP contribution < -0.4 is 4.73 Å². The first kappa shape index (κ1) is 18.4. The summed E-state index contributed by atoms with van der Waals surface area (Å²) in [5.74, 6) is 0. The van der Waals surface area contributed by atoms with Gasteiger partial charge in [-0.05, 0) is 5.56 Å². The molecule has 0 saturated heterocycles. The van der Waals surface area contributed by atoms with Crippen molar-refractivity contribution < 1.29 is 4.73 Å². The van der Waals surface area contributed by atoms with Gasteiger partial charge in [0.2, 0.25) is 0 Å². The second-order valence-corrected chi connectivity index (χ2v) is 4.38. The van der Waals surface area contributed by atoms with Gasteiger partial charge in [-0.2, -0.15) is 9.83 Å². The molecule has 2 heterocycles. The fourth-order valence-corrected chi connectivity index (χ4v) is 2.10. The van der Waals surface area contributed by atoms with E-state index in [2.05, 4.69) is 5.10 Å². The van der Waals surface area contributed by atoms with Crippen molar-refractivity contribution in [2.75, 3.05) is 0 Å². The number of aryl methyl sites for hydroxylation is 1. The van der Waals surface area contributed by atoms with Crippen LogP contribution in [0, 0.1) is 5.21 Å². The van der Waals surface area contributed by atoms with Crippen molar-refractivity contribution in [1.82, 2.24) is 9.78 Å². The van der Waals surface area contributed by atoms with Gasteiger partial charge in [0.1, 0.15) is 5.69 Å². The van der Waals surface area contributed by atoms with Crippen LogP contribution in [0.5, 0.6) is 0 Å². The third-order valence-electron chi connectivity index (χ3n) is 2.99. The lowest BCUT2D eigenvalue weighted by molar-refractivity contribution is -0.605. The Morgan fingerprint density at radius 1 is 0.870 bits per heavy atom. The van der Waals surface area contributed by atoms with E-state index in [4.69, 9.17) is 0 Å². The van der Waals surface area contributed by atoms with Gasteiger partial charge in [-0.3, -0.25) is 4.68 Å². The maximum atomic E-state index is 11.1. The van der Waals surface area contributed by atoms with E-state index in [1.807, 2.05) is 71.3 Å². The fourth-order valence-electron chi connectivity index (χ4n) is 2.10. The highest BCUT2D eigenvalue weighted by atomic mass is 16.5. The molecule has 1 aromatic carbocycles. The van der Waals surface area contributed by atoms with Gasteiger partial charge in [-0.15, -0.1) is 0 Å². The van der Waals surface area contributed by atoms with Crippen molar-refractivity contribution in [2.24, 2.45) is 7.05 Å². The number of hydrogen-bond acceptors (Lipinski definition) is 2. The van der Waals surface area contributed by atoms with Gasteiger partial charge < -0.3 is 5.21 Å². The van der Waals surface area contributed by atoms with Crippen molar-refractivity contribution >= 4 is 0 Å². The molecule has 0 unspecified atom stereocenters. The lowest BCUT2D eigenvalue weighted by atomic mass is 10.0. The molecule has 0 aliphatic carbocycles. The second kappa shape index (κ2) is 9.41. The molecule has 3 aromatic rings. The summed E-state index contributed by atoms with van der Waals surface area (Å²) in [6.45, 7) is 8.00. The monoisotopic (exact) mass is 311 g/mol. The molecule has 0 amide bonds. The zero-order valence-corrected chi connectivity index (χ0v) is 14.5. The van der Waals surface area contributed by atoms with E-state index >= 15 is 0 Å². The van der Waals surface area contributed by atoms with Gasteiger partial charge in [0.15, 0.2) is 12.4 Å². The lowest BCUT2D eigenvalue weighted by Crippen LogP contribution is -2.23. The summed E-state index contributed by atoms with van der Waals surface area (Å²) < 4.78 is 2.57. The van der Waals surface area contributed by atoms with Gasteiger partial charge in [0.05, 0.1) is 0 Å². The minimum absolute atomic E-state index is 0.780. The Labute approximate surface area is 138 Å². The Morgan fingerprint density at radius 2 is 1.43 bits per heavy atom. The van der Waals surface area contributed by atoms with Crippen LogP contribution in [0.4, 0.5) is 0 Å². The average Bonchev–Trinajstić information content (AvgIpc) is 3.02. The molecule has 4 heteroatoms. The molecule has 0 radical (unpaired) electrons. The maximum Gasteiger partial charge on any atom is 0.180 e. The first-order valence-electron chi connectivity index (χ1n) is 8.02. The minimum atomic E-state index is 0.780. The van der Waals surface area contributed by atoms with Crippen LogP contribution in [0.1, 0.15) is 27.7 Å². The summed E-state index contributed by atoms with van der Waals surface area (Å²) in [7, 11) is 1.90. The average molecular weight is 311 g/mol. The third kappa shape index (κ3) is 4.68. The second-order valence-electron chi connectivity index (χ2n) is 4.38. The van der Waals surface area contributed by atoms with Crippen LogP contribution in [0.25, 0.3) is 22.4 Å². The summed E-state index contributed by atoms with van der Waals surface area (Å²) in [6.07, 6.45) is 4.96. The third-order valence-corrected chi connectivity index (χ3v) is 2.99. The SMILES string of the molecule is CC.CC.Cn1cc(-c2cc[n+]([O-])cc2)c(-c2ccccc2)n1. The first-order chi connectivity index (χ1) is 11.2. The van der Waals surface area contributed by atoms with Gasteiger partial charge in [0, 0.05) is 36.5 Å². The van der Waals surface area contributed by atoms with Gasteiger partial charge in [-0.1, -0.05) is 58.0 Å². The van der Waals surface area contributed by atoms with E-state index in [0.717, 1.165) is 27.1 Å². The van der Waals surface area contributed by atoms with Crippen molar-refractivity contribution in [3.63, 3.8) is 0 Å². The Hall–Kier alpha value is -2.62. The van der Waals surface area contributed by atoms with E-state index in [-0.39, 0.29) is 0 Å². The molecule has 122 valence electrons. The highest BCUT2D eigenvalue weighted by Crippen LogP contribution is 2.29. The van der Waals surface area contributed by atoms with E-state index in [9.17, 15) is 5.21 Å². The molecule has 0 spiro atoms. The summed E-state index contributed by atoms with van der Waals surface area (Å²) in [5, 5.41) is 15.6. The van der Waals surface area contributed by atoms with E-state index in [0.29, 0.717) is 0 Å². The van der Waals surface area contributed by atoms with Crippen LogP contribution in [0.2, 0.25) is 0 Å². The fraction of sp³-hybridized carbons (Fsp3) is 0.263. The summed E-state index contributed by atoms with van der Waals surface area (Å²) in [4.78, 5) is 0. The van der Waals surface area contributed by atoms with Crippen molar-refractivity contribution in [1.29, 1.82) is 0 Å². The number of nitrogens with zero attached hydrogens (tertiary/aromatic N) is 3. The molecule has 0 fully saturated rings. The van der Waals surface area contributed by atoms with Crippen LogP contribution >= 0.6 is 0 Å². The Morgan fingerprint density at radius 3 is 2.00 bits per heavy atom. The molecule has 0 atom stereocenters. The Balaban J connectivity index is 0.000000615. The Kier molecular flexibility index (Phi) is 7.54. The quantitative estimate of drug-likeness (QED) is 0.519. The number of benzene rings is 1. The predicted molar refractivity (Wildman–Crippen MR) is 95.7 cm³/mol. The molecular weight excluding hydrogens is 286 g/mol. The number of rotatable bonds is 2. The van der Waals surface area contributed by atoms with Crippen LogP contribution in [-0.4, -0.2) is 9.78 Å². The molecule has 2 aromatic heterocycles. The van der Waals surface area contributed by atoms with Crippen LogP contribution in [0.3, 0.4) is 0 Å². The normalized spacial score (nSPS) is 9.26. The number of aromatic nitrogens is 3. The highest BCUT2D eigenvalue weighted by Gasteiger charge is 2.12. The van der Waals surface area contributed by atoms with Gasteiger partial charge in [0.25, 0.3) is 0 Å². The van der Waals surface area contributed by atoms with Crippen molar-refractivity contribution in [2.45, 2.75) is 27.7 Å². The van der Waals surface area contributed by atoms with Crippen molar-refractivity contribution in [3.8, 4) is 22.4 Å². The van der Waals surface area contributed by atoms with Crippen LogP contribution in [-0.2, 0) is 7.05 Å². The van der Waals surface area contributed by atoms with Crippen molar-refractivity contribution in [3.05, 3.63) is 66.3 Å². The summed E-state index contributed by atoms with van der Waals surface area (Å²) in [6, 6.07) is 13.6. The molecule has 4 nitrogen and oxygen atoms in total. The van der Waals surface area contributed by atoms with Gasteiger partial charge >= 0.3 is 0 Å². The minimum Gasteiger partial charge on any atom is -0.619 e. The molecule has 0 bridgehead atoms. The summed E-state index contributed by atoms with van der Waals surface area (Å²) >= 11 is 0. The van der Waals surface area contributed by atoms with Gasteiger partial charge in [-0.25, -0.2) is 0 Å². The van der Waals surface area contributed by atoms with Crippen LogP contribution in [0.15, 0.2) is 61.1 Å². The first-order valence-corrected chi connectivity index (χ1v) is 8.02. The van der Waals surface area contributed by atoms with E-state index in [1.54, 1.807) is 16.8 Å². The molecule has 0 saturated carbocycles. The molecular formula is C19H25N3O. The molecule has 0 N–H and O–H groups in total. The molecule has 0 aliphatic rings. The smallest absolute Gasteiger partial charge is 0.180 e. The predicted octanol–water partition coefficient (Wildman–Crippen LogP) is 4.44. The largest absolute Gasteiger partial charge is 0.619 e. The van der Waals surface area contributed by atoms with E-state index in [1.165, 1.54) is 12.4 Å².